The number of fused-ring (bicyclic) bond motifs is 10. The predicted octanol–water partition coefficient (Wildman–Crippen LogP) is 6.09. The van der Waals surface area contributed by atoms with Crippen LogP contribution >= 0.6 is 0 Å². The number of hydrogen-bond acceptors (Lipinski definition) is 8. The normalized spacial score (nSPS) is 42.0. The monoisotopic (exact) mass is 588 g/mol. The summed E-state index contributed by atoms with van der Waals surface area (Å²) in [7, 11) is 0. The van der Waals surface area contributed by atoms with E-state index < -0.39 is 5.79 Å². The van der Waals surface area contributed by atoms with Crippen molar-refractivity contribution in [1.29, 1.82) is 0 Å². The fourth-order valence-corrected chi connectivity index (χ4v) is 10.4. The molecule has 0 N–H and O–H groups in total. The average molecular weight is 589 g/mol. The van der Waals surface area contributed by atoms with Crippen LogP contribution in [0.15, 0.2) is 0 Å². The molecule has 13 atom stereocenters. The molecule has 0 aromatic carbocycles. The summed E-state index contributed by atoms with van der Waals surface area (Å²) >= 11 is 0. The van der Waals surface area contributed by atoms with E-state index in [2.05, 4.69) is 4.74 Å². The van der Waals surface area contributed by atoms with Gasteiger partial charge in [-0.2, -0.15) is 0 Å². The average Bonchev–Trinajstić information content (AvgIpc) is 3.80. The zero-order chi connectivity index (χ0) is 30.3. The molecule has 8 nitrogen and oxygen atoms in total. The highest BCUT2D eigenvalue weighted by Crippen LogP contribution is 2.68. The number of esters is 4. The van der Waals surface area contributed by atoms with E-state index in [9.17, 15) is 19.2 Å². The van der Waals surface area contributed by atoms with Crippen molar-refractivity contribution in [2.24, 2.45) is 65.1 Å². The minimum Gasteiger partial charge on any atom is -0.466 e. The van der Waals surface area contributed by atoms with Crippen LogP contribution in [-0.2, 0) is 38.1 Å². The molecule has 13 unspecified atom stereocenters. The van der Waals surface area contributed by atoms with Gasteiger partial charge >= 0.3 is 23.9 Å². The van der Waals surface area contributed by atoms with Crippen LogP contribution in [0.1, 0.15) is 106 Å². The molecule has 0 aromatic heterocycles. The molecular formula is C34H52O8. The molecule has 0 spiro atoms. The SMILES string of the molecule is CC.CCC(CC(C)C(=O)OC1CC2CC1C1C3CCC(C3)C21)C(=O)OC12CC3CC(C(=O)O1)C2C3.CCOC(C)=O. The summed E-state index contributed by atoms with van der Waals surface area (Å²) in [6.07, 6.45) is 10.0. The van der Waals surface area contributed by atoms with E-state index >= 15 is 0 Å². The van der Waals surface area contributed by atoms with Crippen molar-refractivity contribution in [3.05, 3.63) is 0 Å². The Morgan fingerprint density at radius 3 is 2.29 bits per heavy atom. The number of rotatable bonds is 8. The molecule has 42 heavy (non-hydrogen) atoms. The van der Waals surface area contributed by atoms with Gasteiger partial charge in [0.15, 0.2) is 0 Å². The van der Waals surface area contributed by atoms with E-state index in [4.69, 9.17) is 14.2 Å². The first-order chi connectivity index (χ1) is 20.1. The molecule has 7 aliphatic rings. The molecule has 1 aliphatic heterocycles. The fourth-order valence-electron chi connectivity index (χ4n) is 10.4. The maximum atomic E-state index is 13.1. The molecule has 8 heteroatoms. The lowest BCUT2D eigenvalue weighted by Gasteiger charge is -2.38. The van der Waals surface area contributed by atoms with Gasteiger partial charge in [0.25, 0.3) is 5.79 Å². The fraction of sp³-hybridized carbons (Fsp3) is 0.882. The summed E-state index contributed by atoms with van der Waals surface area (Å²) in [6, 6.07) is 0. The quantitative estimate of drug-likeness (QED) is 0.191. The van der Waals surface area contributed by atoms with Crippen LogP contribution in [0.2, 0.25) is 0 Å². The first kappa shape index (κ1) is 31.3. The molecule has 7 rings (SSSR count). The second-order valence-corrected chi connectivity index (χ2v) is 13.9. The van der Waals surface area contributed by atoms with E-state index in [0.717, 1.165) is 48.9 Å². The molecule has 0 amide bonds. The maximum Gasteiger partial charge on any atom is 0.312 e. The van der Waals surface area contributed by atoms with E-state index in [1.807, 2.05) is 27.7 Å². The van der Waals surface area contributed by atoms with Crippen LogP contribution in [0.4, 0.5) is 0 Å². The highest BCUT2D eigenvalue weighted by Gasteiger charge is 2.68. The zero-order valence-corrected chi connectivity index (χ0v) is 26.5. The summed E-state index contributed by atoms with van der Waals surface area (Å²) < 4.78 is 22.1. The first-order valence-corrected chi connectivity index (χ1v) is 16.9. The molecule has 0 radical (unpaired) electrons. The summed E-state index contributed by atoms with van der Waals surface area (Å²) in [4.78, 5) is 48.3. The van der Waals surface area contributed by atoms with Crippen molar-refractivity contribution in [1.82, 2.24) is 0 Å². The largest absolute Gasteiger partial charge is 0.466 e. The van der Waals surface area contributed by atoms with Crippen LogP contribution in [0, 0.1) is 65.1 Å². The van der Waals surface area contributed by atoms with Crippen molar-refractivity contribution in [2.75, 3.05) is 6.61 Å². The van der Waals surface area contributed by atoms with Gasteiger partial charge in [0, 0.05) is 13.3 Å². The van der Waals surface area contributed by atoms with Crippen molar-refractivity contribution in [3.63, 3.8) is 0 Å². The van der Waals surface area contributed by atoms with Gasteiger partial charge < -0.3 is 18.9 Å². The third-order valence-electron chi connectivity index (χ3n) is 11.8. The molecule has 0 aromatic rings. The summed E-state index contributed by atoms with van der Waals surface area (Å²) in [5.74, 6) is 2.51. The Labute approximate surface area is 251 Å². The van der Waals surface area contributed by atoms with E-state index in [-0.39, 0.29) is 53.7 Å². The Bertz CT molecular complexity index is 1040. The van der Waals surface area contributed by atoms with Crippen LogP contribution in [0.5, 0.6) is 0 Å². The van der Waals surface area contributed by atoms with Gasteiger partial charge in [0.1, 0.15) is 6.10 Å². The summed E-state index contributed by atoms with van der Waals surface area (Å²) in [5.41, 5.74) is 0. The second-order valence-electron chi connectivity index (χ2n) is 13.9. The molecule has 6 aliphatic carbocycles. The smallest absolute Gasteiger partial charge is 0.312 e. The van der Waals surface area contributed by atoms with Crippen molar-refractivity contribution < 1.29 is 38.1 Å². The second kappa shape index (κ2) is 12.5. The van der Waals surface area contributed by atoms with Gasteiger partial charge in [-0.15, -0.1) is 0 Å². The highest BCUT2D eigenvalue weighted by molar-refractivity contribution is 5.79. The molecule has 6 saturated carbocycles. The number of carbonyl (C=O) groups excluding carboxylic acids is 4. The Balaban J connectivity index is 0.000000396. The maximum absolute atomic E-state index is 13.1. The van der Waals surface area contributed by atoms with Crippen molar-refractivity contribution in [2.45, 2.75) is 118 Å². The summed E-state index contributed by atoms with van der Waals surface area (Å²) in [5, 5.41) is 0. The minimum absolute atomic E-state index is 0.0151. The van der Waals surface area contributed by atoms with Gasteiger partial charge in [-0.25, -0.2) is 0 Å². The van der Waals surface area contributed by atoms with Crippen LogP contribution < -0.4 is 0 Å². The van der Waals surface area contributed by atoms with Gasteiger partial charge in [0.05, 0.1) is 30.3 Å². The molecule has 6 bridgehead atoms. The Hall–Kier alpha value is -2.12. The van der Waals surface area contributed by atoms with Crippen LogP contribution in [-0.4, -0.2) is 42.4 Å². The van der Waals surface area contributed by atoms with E-state index in [1.54, 1.807) is 6.92 Å². The van der Waals surface area contributed by atoms with Gasteiger partial charge in [-0.1, -0.05) is 27.7 Å². The predicted molar refractivity (Wildman–Crippen MR) is 154 cm³/mol. The Morgan fingerprint density at radius 1 is 0.952 bits per heavy atom. The lowest BCUT2D eigenvalue weighted by Crippen LogP contribution is -2.41. The molecule has 1 saturated heterocycles. The van der Waals surface area contributed by atoms with Gasteiger partial charge in [0.2, 0.25) is 0 Å². The third kappa shape index (κ3) is 5.49. The topological polar surface area (TPSA) is 105 Å². The minimum atomic E-state index is -1.04. The Morgan fingerprint density at radius 2 is 1.67 bits per heavy atom. The van der Waals surface area contributed by atoms with E-state index in [0.29, 0.717) is 37.7 Å². The van der Waals surface area contributed by atoms with Gasteiger partial charge in [-0.05, 0) is 106 Å². The Kier molecular flexibility index (Phi) is 9.30. The number of hydrogen-bond donors (Lipinski definition) is 0. The van der Waals surface area contributed by atoms with Crippen LogP contribution in [0.3, 0.4) is 0 Å². The lowest BCUT2D eigenvalue weighted by molar-refractivity contribution is -0.226. The highest BCUT2D eigenvalue weighted by atomic mass is 16.7. The molecule has 7 fully saturated rings. The lowest BCUT2D eigenvalue weighted by atomic mass is 9.70. The first-order valence-electron chi connectivity index (χ1n) is 16.9. The zero-order valence-electron chi connectivity index (χ0n) is 26.5. The molecular weight excluding hydrogens is 536 g/mol. The number of ether oxygens (including phenoxy) is 4. The van der Waals surface area contributed by atoms with Gasteiger partial charge in [-0.3, -0.25) is 19.2 Å². The molecule has 236 valence electrons. The number of carbonyl (C=O) groups is 4. The molecule has 1 heterocycles. The van der Waals surface area contributed by atoms with E-state index in [1.165, 1.54) is 32.6 Å². The van der Waals surface area contributed by atoms with Crippen LogP contribution in [0.25, 0.3) is 0 Å². The summed E-state index contributed by atoms with van der Waals surface area (Å²) in [6.45, 7) is 11.5. The third-order valence-corrected chi connectivity index (χ3v) is 11.8. The van der Waals surface area contributed by atoms with Crippen molar-refractivity contribution in [3.8, 4) is 0 Å². The van der Waals surface area contributed by atoms with Crippen molar-refractivity contribution >= 4 is 23.9 Å². The standard InChI is InChI=1S/C28H38O6.C4H8O2.C2H6/c1-3-15(26(30)33-28-12-14-7-19(21(28)8-14)27(31)34-28)6-13(2)25(29)32-22-11-18-10-20(22)24-17-5-4-16(9-17)23(18)24;1-3-6-4(2)5;1-2/h13-24H,3-12H2,1-2H3;3H2,1-2H3;1-2H3.